The van der Waals surface area contributed by atoms with E-state index in [9.17, 15) is 4.79 Å². The van der Waals surface area contributed by atoms with Crippen LogP contribution in [-0.4, -0.2) is 24.4 Å². The second-order valence-corrected chi connectivity index (χ2v) is 3.13. The summed E-state index contributed by atoms with van der Waals surface area (Å²) < 4.78 is 0. The lowest BCUT2D eigenvalue weighted by molar-refractivity contribution is -0.130. The summed E-state index contributed by atoms with van der Waals surface area (Å²) in [6.45, 7) is 4.29. The minimum atomic E-state index is 0.0610. The topological polar surface area (TPSA) is 44.1 Å². The first kappa shape index (κ1) is 11.0. The van der Waals surface area contributed by atoms with Gasteiger partial charge < -0.3 is 4.90 Å². The SMILES string of the molecule is CCC(C)CC(=O)N(C)CC#N. The quantitative estimate of drug-likeness (QED) is 0.596. The van der Waals surface area contributed by atoms with E-state index >= 15 is 0 Å². The van der Waals surface area contributed by atoms with Gasteiger partial charge in [-0.25, -0.2) is 0 Å². The first-order chi connectivity index (χ1) is 5.61. The largest absolute Gasteiger partial charge is 0.332 e. The van der Waals surface area contributed by atoms with Crippen LogP contribution in [0.4, 0.5) is 0 Å². The van der Waals surface area contributed by atoms with E-state index in [1.807, 2.05) is 13.0 Å². The lowest BCUT2D eigenvalue weighted by atomic mass is 10.0. The van der Waals surface area contributed by atoms with Gasteiger partial charge in [-0.15, -0.1) is 0 Å². The molecule has 0 aliphatic carbocycles. The zero-order valence-corrected chi connectivity index (χ0v) is 8.00. The molecule has 1 atom stereocenters. The summed E-state index contributed by atoms with van der Waals surface area (Å²) >= 11 is 0. The highest BCUT2D eigenvalue weighted by Gasteiger charge is 2.10. The molecule has 0 bridgehead atoms. The molecule has 3 heteroatoms. The maximum absolute atomic E-state index is 11.3. The highest BCUT2D eigenvalue weighted by atomic mass is 16.2. The van der Waals surface area contributed by atoms with Crippen LogP contribution in [0.3, 0.4) is 0 Å². The minimum Gasteiger partial charge on any atom is -0.332 e. The summed E-state index contributed by atoms with van der Waals surface area (Å²) in [5.74, 6) is 0.476. The molecule has 0 aromatic heterocycles. The second kappa shape index (κ2) is 5.59. The van der Waals surface area contributed by atoms with Gasteiger partial charge in [0.25, 0.3) is 0 Å². The van der Waals surface area contributed by atoms with Crippen molar-refractivity contribution in [1.29, 1.82) is 5.26 Å². The molecule has 0 saturated carbocycles. The Balaban J connectivity index is 3.80. The van der Waals surface area contributed by atoms with Gasteiger partial charge in [-0.3, -0.25) is 4.79 Å². The molecule has 0 fully saturated rings. The summed E-state index contributed by atoms with van der Waals surface area (Å²) in [6, 6.07) is 1.94. The molecular formula is C9H16N2O. The Bertz CT molecular complexity index is 183. The van der Waals surface area contributed by atoms with Crippen LogP contribution < -0.4 is 0 Å². The summed E-state index contributed by atoms with van der Waals surface area (Å²) in [4.78, 5) is 12.7. The molecule has 0 aromatic rings. The molecule has 1 unspecified atom stereocenters. The van der Waals surface area contributed by atoms with Gasteiger partial charge in [0.05, 0.1) is 6.07 Å². The van der Waals surface area contributed by atoms with Crippen molar-refractivity contribution in [3.63, 3.8) is 0 Å². The van der Waals surface area contributed by atoms with E-state index in [1.54, 1.807) is 7.05 Å². The van der Waals surface area contributed by atoms with E-state index in [-0.39, 0.29) is 12.5 Å². The van der Waals surface area contributed by atoms with Crippen LogP contribution in [0.25, 0.3) is 0 Å². The molecule has 0 aromatic carbocycles. The van der Waals surface area contributed by atoms with Crippen LogP contribution in [0.15, 0.2) is 0 Å². The smallest absolute Gasteiger partial charge is 0.223 e. The number of nitrogens with zero attached hydrogens (tertiary/aromatic N) is 2. The van der Waals surface area contributed by atoms with Crippen molar-refractivity contribution in [2.75, 3.05) is 13.6 Å². The fourth-order valence-corrected chi connectivity index (χ4v) is 0.793. The van der Waals surface area contributed by atoms with Crippen LogP contribution >= 0.6 is 0 Å². The normalized spacial score (nSPS) is 11.8. The minimum absolute atomic E-state index is 0.0610. The lowest BCUT2D eigenvalue weighted by Gasteiger charge is -2.15. The maximum atomic E-state index is 11.3. The third-order valence-corrected chi connectivity index (χ3v) is 1.95. The van der Waals surface area contributed by atoms with Crippen molar-refractivity contribution in [1.82, 2.24) is 4.90 Å². The first-order valence-electron chi connectivity index (χ1n) is 4.22. The summed E-state index contributed by atoms with van der Waals surface area (Å²) in [6.07, 6.45) is 1.56. The molecule has 0 radical (unpaired) electrons. The second-order valence-electron chi connectivity index (χ2n) is 3.13. The third-order valence-electron chi connectivity index (χ3n) is 1.95. The van der Waals surface area contributed by atoms with E-state index in [0.717, 1.165) is 6.42 Å². The fraction of sp³-hybridized carbons (Fsp3) is 0.778. The van der Waals surface area contributed by atoms with E-state index in [0.29, 0.717) is 12.3 Å². The first-order valence-corrected chi connectivity index (χ1v) is 4.22. The van der Waals surface area contributed by atoms with Gasteiger partial charge in [-0.05, 0) is 5.92 Å². The maximum Gasteiger partial charge on any atom is 0.223 e. The van der Waals surface area contributed by atoms with Crippen molar-refractivity contribution in [2.45, 2.75) is 26.7 Å². The van der Waals surface area contributed by atoms with Crippen LogP contribution in [0.1, 0.15) is 26.7 Å². The van der Waals surface area contributed by atoms with Crippen molar-refractivity contribution >= 4 is 5.91 Å². The monoisotopic (exact) mass is 168 g/mol. The molecular weight excluding hydrogens is 152 g/mol. The zero-order chi connectivity index (χ0) is 9.56. The number of amides is 1. The number of rotatable bonds is 4. The Morgan fingerprint density at radius 1 is 1.67 bits per heavy atom. The lowest BCUT2D eigenvalue weighted by Crippen LogP contribution is -2.28. The van der Waals surface area contributed by atoms with Crippen LogP contribution in [-0.2, 0) is 4.79 Å². The number of hydrogen-bond acceptors (Lipinski definition) is 2. The van der Waals surface area contributed by atoms with E-state index in [4.69, 9.17) is 5.26 Å². The molecule has 12 heavy (non-hydrogen) atoms. The molecule has 0 aliphatic rings. The Morgan fingerprint density at radius 2 is 2.25 bits per heavy atom. The number of carbonyl (C=O) groups is 1. The van der Waals surface area contributed by atoms with Crippen molar-refractivity contribution in [2.24, 2.45) is 5.92 Å². The van der Waals surface area contributed by atoms with Gasteiger partial charge in [-0.1, -0.05) is 20.3 Å². The van der Waals surface area contributed by atoms with Crippen LogP contribution in [0.2, 0.25) is 0 Å². The Labute approximate surface area is 74.0 Å². The molecule has 0 rings (SSSR count). The van der Waals surface area contributed by atoms with Gasteiger partial charge in [0.15, 0.2) is 0 Å². The van der Waals surface area contributed by atoms with E-state index < -0.39 is 0 Å². The van der Waals surface area contributed by atoms with E-state index in [2.05, 4.69) is 6.92 Å². The molecule has 0 saturated heterocycles. The predicted molar refractivity (Wildman–Crippen MR) is 47.3 cm³/mol. The van der Waals surface area contributed by atoms with Gasteiger partial charge in [0.1, 0.15) is 6.54 Å². The predicted octanol–water partition coefficient (Wildman–Crippen LogP) is 1.40. The van der Waals surface area contributed by atoms with Crippen molar-refractivity contribution in [3.05, 3.63) is 0 Å². The van der Waals surface area contributed by atoms with Crippen LogP contribution in [0.5, 0.6) is 0 Å². The number of carbonyl (C=O) groups excluding carboxylic acids is 1. The molecule has 0 spiro atoms. The number of nitriles is 1. The molecule has 0 N–H and O–H groups in total. The number of hydrogen-bond donors (Lipinski definition) is 0. The average molecular weight is 168 g/mol. The van der Waals surface area contributed by atoms with Gasteiger partial charge in [-0.2, -0.15) is 5.26 Å². The average Bonchev–Trinajstić information content (AvgIpc) is 2.04. The molecule has 0 aliphatic heterocycles. The summed E-state index contributed by atoms with van der Waals surface area (Å²) in [7, 11) is 1.66. The highest BCUT2D eigenvalue weighted by Crippen LogP contribution is 2.07. The summed E-state index contributed by atoms with van der Waals surface area (Å²) in [5.41, 5.74) is 0. The Hall–Kier alpha value is -1.04. The van der Waals surface area contributed by atoms with Gasteiger partial charge in [0.2, 0.25) is 5.91 Å². The van der Waals surface area contributed by atoms with Gasteiger partial charge in [0, 0.05) is 13.5 Å². The Morgan fingerprint density at radius 3 is 2.67 bits per heavy atom. The molecule has 68 valence electrons. The standard InChI is InChI=1S/C9H16N2O/c1-4-8(2)7-9(12)11(3)6-5-10/h8H,4,6-7H2,1-3H3. The highest BCUT2D eigenvalue weighted by molar-refractivity contribution is 5.76. The molecule has 1 amide bonds. The van der Waals surface area contributed by atoms with Gasteiger partial charge >= 0.3 is 0 Å². The van der Waals surface area contributed by atoms with Crippen molar-refractivity contribution in [3.8, 4) is 6.07 Å². The van der Waals surface area contributed by atoms with Crippen molar-refractivity contribution < 1.29 is 4.79 Å². The fourth-order valence-electron chi connectivity index (χ4n) is 0.793. The summed E-state index contributed by atoms with van der Waals surface area (Å²) in [5, 5.41) is 8.33. The Kier molecular flexibility index (Phi) is 5.11. The third kappa shape index (κ3) is 3.97. The molecule has 3 nitrogen and oxygen atoms in total. The molecule has 0 heterocycles. The zero-order valence-electron chi connectivity index (χ0n) is 8.00. The van der Waals surface area contributed by atoms with E-state index in [1.165, 1.54) is 4.90 Å². The van der Waals surface area contributed by atoms with Crippen LogP contribution in [0, 0.1) is 17.2 Å².